The molecular formula is C42H70N2O7. The molecule has 3 saturated heterocycles. The summed E-state index contributed by atoms with van der Waals surface area (Å²) in [7, 11) is 0. The van der Waals surface area contributed by atoms with Gasteiger partial charge in [-0.25, -0.2) is 0 Å². The van der Waals surface area contributed by atoms with Gasteiger partial charge in [-0.05, 0) is 117 Å². The number of aliphatic hydroxyl groups excluding tert-OH is 1. The summed E-state index contributed by atoms with van der Waals surface area (Å²) in [6.07, 6.45) is 7.82. The van der Waals surface area contributed by atoms with Crippen LogP contribution < -0.4 is 0 Å². The maximum Gasteiger partial charge on any atom is 0.219 e. The second-order valence-electron chi connectivity index (χ2n) is 20.6. The molecule has 8 fully saturated rings. The van der Waals surface area contributed by atoms with E-state index in [2.05, 4.69) is 39.5 Å². The molecule has 290 valence electrons. The van der Waals surface area contributed by atoms with Crippen molar-refractivity contribution in [3.8, 4) is 0 Å². The first-order chi connectivity index (χ1) is 23.9. The number of aliphatic hydroxyl groups is 2. The highest BCUT2D eigenvalue weighted by molar-refractivity contribution is 5.74. The Hall–Kier alpha value is -0.810. The molecule has 8 rings (SSSR count). The quantitative estimate of drug-likeness (QED) is 0.341. The van der Waals surface area contributed by atoms with Gasteiger partial charge in [0.05, 0.1) is 36.6 Å². The molecule has 0 aromatic heterocycles. The fraction of sp³-hybridized carbons (Fsp3) is 0.976. The van der Waals surface area contributed by atoms with Crippen LogP contribution in [0, 0.1) is 56.7 Å². The molecule has 14 atom stereocenters. The van der Waals surface area contributed by atoms with Crippen LogP contribution in [0.4, 0.5) is 0 Å². The molecule has 0 aromatic rings. The zero-order valence-corrected chi connectivity index (χ0v) is 33.3. The molecule has 0 aromatic carbocycles. The summed E-state index contributed by atoms with van der Waals surface area (Å²) in [5, 5.41) is 23.7. The predicted molar refractivity (Wildman–Crippen MR) is 195 cm³/mol. The van der Waals surface area contributed by atoms with E-state index in [9.17, 15) is 15.0 Å². The third kappa shape index (κ3) is 5.27. The van der Waals surface area contributed by atoms with Crippen molar-refractivity contribution >= 4 is 5.91 Å². The minimum atomic E-state index is -1.02. The highest BCUT2D eigenvalue weighted by atomic mass is 16.7. The van der Waals surface area contributed by atoms with Crippen molar-refractivity contribution in [1.29, 1.82) is 0 Å². The van der Waals surface area contributed by atoms with Crippen molar-refractivity contribution in [2.75, 3.05) is 45.9 Å². The summed E-state index contributed by atoms with van der Waals surface area (Å²) in [6, 6.07) is 0. The van der Waals surface area contributed by atoms with Gasteiger partial charge in [0.1, 0.15) is 6.10 Å². The van der Waals surface area contributed by atoms with Gasteiger partial charge in [0.2, 0.25) is 5.91 Å². The second kappa shape index (κ2) is 12.3. The first-order valence-electron chi connectivity index (χ1n) is 20.9. The summed E-state index contributed by atoms with van der Waals surface area (Å²) in [6.45, 7) is 25.4. The minimum Gasteiger partial charge on any atom is -0.390 e. The molecule has 9 heteroatoms. The third-order valence-corrected chi connectivity index (χ3v) is 17.5. The molecule has 2 spiro atoms. The lowest BCUT2D eigenvalue weighted by atomic mass is 9.41. The molecule has 3 aliphatic heterocycles. The molecule has 51 heavy (non-hydrogen) atoms. The third-order valence-electron chi connectivity index (χ3n) is 17.5. The van der Waals surface area contributed by atoms with E-state index >= 15 is 0 Å². The molecule has 5 aliphatic carbocycles. The van der Waals surface area contributed by atoms with Gasteiger partial charge >= 0.3 is 0 Å². The summed E-state index contributed by atoms with van der Waals surface area (Å²) < 4.78 is 26.3. The number of hydrogen-bond donors (Lipinski definition) is 2. The number of hydrogen-bond acceptors (Lipinski definition) is 8. The Morgan fingerprint density at radius 3 is 2.41 bits per heavy atom. The van der Waals surface area contributed by atoms with Crippen LogP contribution in [0.25, 0.3) is 0 Å². The topological polar surface area (TPSA) is 101 Å². The Bertz CT molecular complexity index is 1350. The van der Waals surface area contributed by atoms with Crippen molar-refractivity contribution in [2.24, 2.45) is 56.7 Å². The number of likely N-dealkylation sites (tertiary alicyclic amines) is 1. The molecule has 9 nitrogen and oxygen atoms in total. The Labute approximate surface area is 307 Å². The van der Waals surface area contributed by atoms with Crippen LogP contribution in [0.2, 0.25) is 0 Å². The summed E-state index contributed by atoms with van der Waals surface area (Å²) in [5.41, 5.74) is -0.554. The number of nitrogens with zero attached hydrogens (tertiary/aromatic N) is 2. The molecule has 0 bridgehead atoms. The zero-order valence-electron chi connectivity index (χ0n) is 33.3. The summed E-state index contributed by atoms with van der Waals surface area (Å²) >= 11 is 0. The highest BCUT2D eigenvalue weighted by Crippen LogP contribution is 2.89. The fourth-order valence-corrected chi connectivity index (χ4v) is 15.1. The Morgan fingerprint density at radius 2 is 1.73 bits per heavy atom. The largest absolute Gasteiger partial charge is 0.390 e. The molecule has 8 aliphatic rings. The first kappa shape index (κ1) is 37.1. The van der Waals surface area contributed by atoms with Crippen LogP contribution in [-0.2, 0) is 23.7 Å². The van der Waals surface area contributed by atoms with Crippen LogP contribution in [-0.4, -0.2) is 114 Å². The number of carbonyl (C=O) groups excluding carboxylic acids is 1. The zero-order chi connectivity index (χ0) is 36.5. The van der Waals surface area contributed by atoms with Crippen molar-refractivity contribution < 1.29 is 34.0 Å². The van der Waals surface area contributed by atoms with E-state index < -0.39 is 17.8 Å². The second-order valence-corrected chi connectivity index (χ2v) is 20.6. The van der Waals surface area contributed by atoms with Crippen molar-refractivity contribution in [3.05, 3.63) is 0 Å². The highest BCUT2D eigenvalue weighted by Gasteiger charge is 2.84. The Kier molecular flexibility index (Phi) is 8.99. The van der Waals surface area contributed by atoms with Crippen LogP contribution >= 0.6 is 0 Å². The van der Waals surface area contributed by atoms with E-state index in [1.165, 1.54) is 32.1 Å². The van der Waals surface area contributed by atoms with Crippen molar-refractivity contribution in [1.82, 2.24) is 9.80 Å². The minimum absolute atomic E-state index is 0.00765. The standard InChI is InChI=1S/C42H70N2O7/c1-10-48-36(38(6,7)47)28-19-25(2)33-34(50-28)35(46)40(9)30-12-11-29-37(4,5)31(13-14-41(29)24-42(30,41)16-15-39(33,40)8)51-32-23-43(17-18-49-32)20-27-21-44(22-27)26(3)45/h25,27-36,46-47H,10-24H2,1-9H3. The number of morpholine rings is 1. The Morgan fingerprint density at radius 1 is 1.02 bits per heavy atom. The van der Waals surface area contributed by atoms with Gasteiger partial charge in [-0.2, -0.15) is 0 Å². The lowest BCUT2D eigenvalue weighted by Crippen LogP contribution is -2.60. The first-order valence-corrected chi connectivity index (χ1v) is 20.9. The predicted octanol–water partition coefficient (Wildman–Crippen LogP) is 5.50. The maximum atomic E-state index is 12.6. The molecule has 3 heterocycles. The van der Waals surface area contributed by atoms with E-state index in [1.54, 1.807) is 6.92 Å². The molecule has 0 radical (unpaired) electrons. The van der Waals surface area contributed by atoms with E-state index in [4.69, 9.17) is 18.9 Å². The van der Waals surface area contributed by atoms with Crippen LogP contribution in [0.1, 0.15) is 114 Å². The normalized spacial score (nSPS) is 49.9. The van der Waals surface area contributed by atoms with Crippen molar-refractivity contribution in [3.63, 3.8) is 0 Å². The lowest BCUT2D eigenvalue weighted by Gasteiger charge is -2.64. The van der Waals surface area contributed by atoms with Crippen LogP contribution in [0.5, 0.6) is 0 Å². The average molecular weight is 715 g/mol. The number of fused-ring (bicyclic) bond motifs is 4. The smallest absolute Gasteiger partial charge is 0.219 e. The molecular weight excluding hydrogens is 644 g/mol. The fourth-order valence-electron chi connectivity index (χ4n) is 15.1. The summed E-state index contributed by atoms with van der Waals surface area (Å²) in [4.78, 5) is 16.1. The summed E-state index contributed by atoms with van der Waals surface area (Å²) in [5.74, 6) is 2.52. The van der Waals surface area contributed by atoms with Gasteiger partial charge in [-0.1, -0.05) is 34.6 Å². The molecule has 2 N–H and O–H groups in total. The number of ether oxygens (including phenoxy) is 4. The van der Waals surface area contributed by atoms with E-state index in [0.29, 0.717) is 53.6 Å². The number of carbonyl (C=O) groups is 1. The van der Waals surface area contributed by atoms with Gasteiger partial charge in [0.15, 0.2) is 6.29 Å². The van der Waals surface area contributed by atoms with Gasteiger partial charge in [0.25, 0.3) is 0 Å². The van der Waals surface area contributed by atoms with E-state index in [-0.39, 0.29) is 46.8 Å². The lowest BCUT2D eigenvalue weighted by molar-refractivity contribution is -0.249. The van der Waals surface area contributed by atoms with Crippen LogP contribution in [0.3, 0.4) is 0 Å². The van der Waals surface area contributed by atoms with Crippen LogP contribution in [0.15, 0.2) is 0 Å². The van der Waals surface area contributed by atoms with Gasteiger partial charge in [-0.3, -0.25) is 9.69 Å². The number of rotatable bonds is 8. The molecule has 14 unspecified atom stereocenters. The number of amides is 1. The van der Waals surface area contributed by atoms with E-state index in [1.807, 2.05) is 25.7 Å². The van der Waals surface area contributed by atoms with Gasteiger partial charge in [-0.15, -0.1) is 0 Å². The van der Waals surface area contributed by atoms with Crippen molar-refractivity contribution in [2.45, 2.75) is 156 Å². The SMILES string of the molecule is CCOC(C1CC(C)C2C(O1)C(O)C1(C)C3CCC4C(C)(C)C(OC5CN(CC6CN(C(C)=O)C6)CCO5)CCC45CC35CCC21C)C(C)(C)O. The monoisotopic (exact) mass is 715 g/mol. The Balaban J connectivity index is 0.974. The average Bonchev–Trinajstić information content (AvgIpc) is 3.67. The maximum absolute atomic E-state index is 12.6. The van der Waals surface area contributed by atoms with Gasteiger partial charge < -0.3 is 34.1 Å². The van der Waals surface area contributed by atoms with Gasteiger partial charge in [0, 0.05) is 57.6 Å². The molecule has 1 amide bonds. The molecule has 5 saturated carbocycles. The van der Waals surface area contributed by atoms with E-state index in [0.717, 1.165) is 52.0 Å².